The Morgan fingerprint density at radius 2 is 1.52 bits per heavy atom. The van der Waals surface area contributed by atoms with Crippen molar-refractivity contribution in [1.82, 2.24) is 5.32 Å². The fourth-order valence-corrected chi connectivity index (χ4v) is 3.80. The normalized spacial score (nSPS) is 27.8. The molecular formula is C21H24ClNO2. The highest BCUT2D eigenvalue weighted by molar-refractivity contribution is 5.85. The van der Waals surface area contributed by atoms with Gasteiger partial charge >= 0.3 is 5.97 Å². The maximum Gasteiger partial charge on any atom is 0.309 e. The van der Waals surface area contributed by atoms with Gasteiger partial charge in [0.1, 0.15) is 6.10 Å². The van der Waals surface area contributed by atoms with E-state index in [1.165, 1.54) is 11.1 Å². The molecule has 2 fully saturated rings. The lowest BCUT2D eigenvalue weighted by Gasteiger charge is -2.32. The van der Waals surface area contributed by atoms with Crippen LogP contribution in [0.15, 0.2) is 60.7 Å². The molecule has 25 heavy (non-hydrogen) atoms. The molecule has 1 aliphatic carbocycles. The molecule has 2 aromatic rings. The van der Waals surface area contributed by atoms with Gasteiger partial charge in [-0.15, -0.1) is 12.4 Å². The first-order valence-electron chi connectivity index (χ1n) is 8.84. The lowest BCUT2D eigenvalue weighted by atomic mass is 9.88. The van der Waals surface area contributed by atoms with Gasteiger partial charge in [-0.05, 0) is 36.4 Å². The van der Waals surface area contributed by atoms with Crippen molar-refractivity contribution in [3.63, 3.8) is 0 Å². The van der Waals surface area contributed by atoms with Crippen LogP contribution in [0.4, 0.5) is 0 Å². The average Bonchev–Trinajstić information content (AvgIpc) is 3.45. The first-order valence-corrected chi connectivity index (χ1v) is 8.84. The third-order valence-corrected chi connectivity index (χ3v) is 5.24. The van der Waals surface area contributed by atoms with Crippen molar-refractivity contribution in [2.75, 3.05) is 13.1 Å². The summed E-state index contributed by atoms with van der Waals surface area (Å²) in [4.78, 5) is 12.6. The minimum absolute atomic E-state index is 0. The molecule has 1 aliphatic heterocycles. The highest BCUT2D eigenvalue weighted by Gasteiger charge is 2.46. The molecule has 1 saturated carbocycles. The van der Waals surface area contributed by atoms with E-state index in [0.29, 0.717) is 11.8 Å². The van der Waals surface area contributed by atoms with Gasteiger partial charge in [0.2, 0.25) is 0 Å². The molecule has 0 aromatic heterocycles. The predicted molar refractivity (Wildman–Crippen MR) is 101 cm³/mol. The van der Waals surface area contributed by atoms with Crippen LogP contribution in [0.3, 0.4) is 0 Å². The highest BCUT2D eigenvalue weighted by Crippen LogP contribution is 2.48. The van der Waals surface area contributed by atoms with Crippen LogP contribution in [0, 0.1) is 5.92 Å². The van der Waals surface area contributed by atoms with E-state index in [4.69, 9.17) is 4.74 Å². The Kier molecular flexibility index (Phi) is 5.77. The molecule has 4 atom stereocenters. The van der Waals surface area contributed by atoms with E-state index in [9.17, 15) is 4.79 Å². The van der Waals surface area contributed by atoms with Crippen LogP contribution >= 0.6 is 12.4 Å². The summed E-state index contributed by atoms with van der Waals surface area (Å²) >= 11 is 0. The van der Waals surface area contributed by atoms with E-state index in [0.717, 1.165) is 25.9 Å². The van der Waals surface area contributed by atoms with Gasteiger partial charge in [0, 0.05) is 12.5 Å². The number of esters is 1. The lowest BCUT2D eigenvalue weighted by molar-refractivity contribution is -0.152. The van der Waals surface area contributed by atoms with Crippen LogP contribution in [0.25, 0.3) is 0 Å². The number of rotatable bonds is 4. The number of halogens is 1. The van der Waals surface area contributed by atoms with E-state index in [1.807, 2.05) is 24.3 Å². The second kappa shape index (κ2) is 8.03. The zero-order valence-corrected chi connectivity index (χ0v) is 15.0. The molecule has 3 nitrogen and oxygen atoms in total. The van der Waals surface area contributed by atoms with Crippen LogP contribution in [0.1, 0.15) is 35.8 Å². The molecule has 0 unspecified atom stereocenters. The molecule has 2 aliphatic rings. The van der Waals surface area contributed by atoms with Crippen LogP contribution in [0.5, 0.6) is 0 Å². The summed E-state index contributed by atoms with van der Waals surface area (Å²) in [5.74, 6) is 0.639. The number of carbonyl (C=O) groups excluding carboxylic acids is 1. The zero-order valence-electron chi connectivity index (χ0n) is 14.1. The molecular weight excluding hydrogens is 334 g/mol. The van der Waals surface area contributed by atoms with Crippen molar-refractivity contribution >= 4 is 18.4 Å². The number of hydrogen-bond acceptors (Lipinski definition) is 3. The molecule has 4 heteroatoms. The minimum atomic E-state index is -0.0642. The Bertz CT molecular complexity index is 692. The molecule has 0 bridgehead atoms. The molecule has 1 saturated heterocycles. The van der Waals surface area contributed by atoms with Crippen LogP contribution < -0.4 is 5.32 Å². The summed E-state index contributed by atoms with van der Waals surface area (Å²) in [6, 6.07) is 20.7. The number of hydrogen-bond donors (Lipinski definition) is 1. The van der Waals surface area contributed by atoms with Gasteiger partial charge in [0.25, 0.3) is 0 Å². The van der Waals surface area contributed by atoms with Gasteiger partial charge in [-0.3, -0.25) is 4.79 Å². The SMILES string of the molecule is Cl.O=C(O[C@H]1CNCC[C@@H]1c1ccccc1)[C@H]1C[C@@H]1c1ccccc1. The van der Waals surface area contributed by atoms with Gasteiger partial charge in [-0.1, -0.05) is 60.7 Å². The van der Waals surface area contributed by atoms with Crippen LogP contribution in [-0.4, -0.2) is 25.2 Å². The fraction of sp³-hybridized carbons (Fsp3) is 0.381. The first-order chi connectivity index (χ1) is 11.8. The Morgan fingerprint density at radius 1 is 0.920 bits per heavy atom. The van der Waals surface area contributed by atoms with E-state index in [1.54, 1.807) is 0 Å². The third-order valence-electron chi connectivity index (χ3n) is 5.24. The Labute approximate surface area is 155 Å². The number of piperidine rings is 1. The van der Waals surface area contributed by atoms with Gasteiger partial charge < -0.3 is 10.1 Å². The van der Waals surface area contributed by atoms with Crippen molar-refractivity contribution < 1.29 is 9.53 Å². The zero-order chi connectivity index (χ0) is 16.4. The van der Waals surface area contributed by atoms with Crippen molar-refractivity contribution in [3.05, 3.63) is 71.8 Å². The Morgan fingerprint density at radius 3 is 2.16 bits per heavy atom. The molecule has 2 aromatic carbocycles. The van der Waals surface area contributed by atoms with E-state index >= 15 is 0 Å². The maximum absolute atomic E-state index is 12.6. The second-order valence-corrected chi connectivity index (χ2v) is 6.84. The lowest BCUT2D eigenvalue weighted by Crippen LogP contribution is -2.42. The molecule has 0 radical (unpaired) electrons. The molecule has 132 valence electrons. The van der Waals surface area contributed by atoms with E-state index in [2.05, 4.69) is 41.7 Å². The standard InChI is InChI=1S/C21H23NO2.ClH/c23-21(19-13-18(19)16-9-5-2-6-10-16)24-20-14-22-12-11-17(20)15-7-3-1-4-8-15;/h1-10,17-20,22H,11-14H2;1H/t17-,18-,19+,20+;/m1./s1. The molecule has 0 amide bonds. The smallest absolute Gasteiger partial charge is 0.309 e. The monoisotopic (exact) mass is 357 g/mol. The topological polar surface area (TPSA) is 38.3 Å². The molecule has 1 N–H and O–H groups in total. The van der Waals surface area contributed by atoms with Gasteiger partial charge in [0.15, 0.2) is 0 Å². The maximum atomic E-state index is 12.6. The van der Waals surface area contributed by atoms with Crippen molar-refractivity contribution in [3.8, 4) is 0 Å². The fourth-order valence-electron chi connectivity index (χ4n) is 3.80. The van der Waals surface area contributed by atoms with Gasteiger partial charge in [-0.2, -0.15) is 0 Å². The summed E-state index contributed by atoms with van der Waals surface area (Å²) in [7, 11) is 0. The van der Waals surface area contributed by atoms with Crippen LogP contribution in [-0.2, 0) is 9.53 Å². The van der Waals surface area contributed by atoms with Crippen molar-refractivity contribution in [2.24, 2.45) is 5.92 Å². The van der Waals surface area contributed by atoms with E-state index < -0.39 is 0 Å². The van der Waals surface area contributed by atoms with Gasteiger partial charge in [-0.25, -0.2) is 0 Å². The highest BCUT2D eigenvalue weighted by atomic mass is 35.5. The summed E-state index contributed by atoms with van der Waals surface area (Å²) < 4.78 is 5.93. The summed E-state index contributed by atoms with van der Waals surface area (Å²) in [6.45, 7) is 1.72. The third kappa shape index (κ3) is 4.05. The predicted octanol–water partition coefficient (Wildman–Crippen LogP) is 3.90. The molecule has 1 heterocycles. The second-order valence-electron chi connectivity index (χ2n) is 6.84. The van der Waals surface area contributed by atoms with Gasteiger partial charge in [0.05, 0.1) is 5.92 Å². The Balaban J connectivity index is 0.00000182. The van der Waals surface area contributed by atoms with E-state index in [-0.39, 0.29) is 30.4 Å². The number of nitrogens with one attached hydrogen (secondary N) is 1. The quantitative estimate of drug-likeness (QED) is 0.843. The van der Waals surface area contributed by atoms with Crippen molar-refractivity contribution in [1.29, 1.82) is 0 Å². The van der Waals surface area contributed by atoms with Crippen molar-refractivity contribution in [2.45, 2.75) is 30.8 Å². The largest absolute Gasteiger partial charge is 0.460 e. The average molecular weight is 358 g/mol. The Hall–Kier alpha value is -1.84. The number of ether oxygens (including phenoxy) is 1. The summed E-state index contributed by atoms with van der Waals surface area (Å²) in [6.07, 6.45) is 1.86. The number of carbonyl (C=O) groups is 1. The first kappa shape index (κ1) is 18.0. The summed E-state index contributed by atoms with van der Waals surface area (Å²) in [5, 5.41) is 3.36. The molecule has 0 spiro atoms. The molecule has 4 rings (SSSR count). The summed E-state index contributed by atoms with van der Waals surface area (Å²) in [5.41, 5.74) is 2.52. The van der Waals surface area contributed by atoms with Crippen LogP contribution in [0.2, 0.25) is 0 Å². The number of benzene rings is 2. The minimum Gasteiger partial charge on any atom is -0.460 e.